The molecule has 0 aliphatic carbocycles. The second-order valence-corrected chi connectivity index (χ2v) is 7.19. The molecule has 1 saturated heterocycles. The molecular weight excluding hydrogens is 343 g/mol. The first-order valence-corrected chi connectivity index (χ1v) is 8.92. The van der Waals surface area contributed by atoms with Crippen LogP contribution in [0, 0.1) is 0 Å². The molecule has 22 heavy (non-hydrogen) atoms. The number of amides is 1. The first-order chi connectivity index (χ1) is 10.6. The van der Waals surface area contributed by atoms with Gasteiger partial charge in [-0.2, -0.15) is 0 Å². The van der Waals surface area contributed by atoms with Crippen molar-refractivity contribution in [1.82, 2.24) is 19.5 Å². The number of nitrogens with zero attached hydrogens (tertiary/aromatic N) is 4. The quantitative estimate of drug-likeness (QED) is 0.787. The van der Waals surface area contributed by atoms with Gasteiger partial charge >= 0.3 is 0 Å². The van der Waals surface area contributed by atoms with Crippen LogP contribution in [0.4, 0.5) is 0 Å². The molecule has 3 rings (SSSR count). The second kappa shape index (κ2) is 6.64. The summed E-state index contributed by atoms with van der Waals surface area (Å²) in [6, 6.07) is 1.95. The molecule has 2 aromatic rings. The lowest BCUT2D eigenvalue weighted by molar-refractivity contribution is -0.131. The number of carbonyl (C=O) groups is 1. The number of aromatic nitrogens is 3. The largest absolute Gasteiger partial charge is 0.339 e. The van der Waals surface area contributed by atoms with Crippen LogP contribution in [0.15, 0.2) is 17.4 Å². The number of carbonyl (C=O) groups excluding carboxylic acids is 1. The summed E-state index contributed by atoms with van der Waals surface area (Å²) >= 11 is 13.5. The van der Waals surface area contributed by atoms with Crippen LogP contribution >= 0.6 is 35.0 Å². The first-order valence-electron chi connectivity index (χ1n) is 7.18. The Kier molecular flexibility index (Phi) is 4.80. The molecular formula is C14H16Cl2N4OS. The SMILES string of the molecule is CC1CCCCN1C(=O)CSc1nnc2c(Cl)cc(Cl)cn12. The number of rotatable bonds is 3. The fourth-order valence-corrected chi connectivity index (χ4v) is 3.98. The van der Waals surface area contributed by atoms with Gasteiger partial charge in [0.2, 0.25) is 5.91 Å². The Morgan fingerprint density at radius 3 is 3.00 bits per heavy atom. The maximum atomic E-state index is 12.4. The fourth-order valence-electron chi connectivity index (χ4n) is 2.68. The third kappa shape index (κ3) is 3.19. The lowest BCUT2D eigenvalue weighted by atomic mass is 10.0. The van der Waals surface area contributed by atoms with E-state index in [4.69, 9.17) is 23.2 Å². The predicted molar refractivity (Wildman–Crippen MR) is 88.8 cm³/mol. The van der Waals surface area contributed by atoms with Crippen molar-refractivity contribution in [1.29, 1.82) is 0 Å². The average Bonchev–Trinajstić information content (AvgIpc) is 2.88. The van der Waals surface area contributed by atoms with Crippen molar-refractivity contribution in [3.05, 3.63) is 22.3 Å². The zero-order valence-corrected chi connectivity index (χ0v) is 14.5. The minimum atomic E-state index is 0.141. The number of pyridine rings is 1. The minimum absolute atomic E-state index is 0.141. The van der Waals surface area contributed by atoms with Gasteiger partial charge in [0.05, 0.1) is 15.8 Å². The van der Waals surface area contributed by atoms with Crippen LogP contribution in [-0.2, 0) is 4.79 Å². The molecule has 0 spiro atoms. The van der Waals surface area contributed by atoms with E-state index in [9.17, 15) is 4.79 Å². The van der Waals surface area contributed by atoms with Gasteiger partial charge in [0.15, 0.2) is 10.8 Å². The van der Waals surface area contributed by atoms with Crippen molar-refractivity contribution in [2.75, 3.05) is 12.3 Å². The van der Waals surface area contributed by atoms with E-state index in [-0.39, 0.29) is 5.91 Å². The number of hydrogen-bond donors (Lipinski definition) is 0. The van der Waals surface area contributed by atoms with Crippen molar-refractivity contribution < 1.29 is 4.79 Å². The molecule has 1 aliphatic heterocycles. The van der Waals surface area contributed by atoms with Crippen LogP contribution < -0.4 is 0 Å². The molecule has 0 radical (unpaired) electrons. The molecule has 2 aromatic heterocycles. The second-order valence-electron chi connectivity index (χ2n) is 5.40. The van der Waals surface area contributed by atoms with E-state index in [1.54, 1.807) is 16.7 Å². The van der Waals surface area contributed by atoms with Crippen molar-refractivity contribution in [3.63, 3.8) is 0 Å². The third-order valence-electron chi connectivity index (χ3n) is 3.84. The zero-order valence-electron chi connectivity index (χ0n) is 12.1. The van der Waals surface area contributed by atoms with E-state index in [1.807, 2.05) is 4.90 Å². The molecule has 8 heteroatoms. The normalized spacial score (nSPS) is 18.9. The summed E-state index contributed by atoms with van der Waals surface area (Å²) in [6.45, 7) is 2.95. The Bertz CT molecular complexity index is 705. The highest BCUT2D eigenvalue weighted by molar-refractivity contribution is 7.99. The highest BCUT2D eigenvalue weighted by atomic mass is 35.5. The number of fused-ring (bicyclic) bond motifs is 1. The standard InChI is InChI=1S/C14H16Cl2N4OS/c1-9-4-2-3-5-19(9)12(21)8-22-14-18-17-13-11(16)6-10(15)7-20(13)14/h6-7,9H,2-5,8H2,1H3. The molecule has 1 unspecified atom stereocenters. The van der Waals surface area contributed by atoms with E-state index >= 15 is 0 Å². The van der Waals surface area contributed by atoms with E-state index < -0.39 is 0 Å². The van der Waals surface area contributed by atoms with Gasteiger partial charge in [-0.15, -0.1) is 10.2 Å². The van der Waals surface area contributed by atoms with Crippen molar-refractivity contribution in [3.8, 4) is 0 Å². The topological polar surface area (TPSA) is 50.5 Å². The van der Waals surface area contributed by atoms with Crippen molar-refractivity contribution in [2.24, 2.45) is 0 Å². The minimum Gasteiger partial charge on any atom is -0.339 e. The number of halogens is 2. The highest BCUT2D eigenvalue weighted by Gasteiger charge is 2.23. The van der Waals surface area contributed by atoms with E-state index in [0.717, 1.165) is 19.4 Å². The maximum absolute atomic E-state index is 12.4. The van der Waals surface area contributed by atoms with Crippen molar-refractivity contribution >= 4 is 46.5 Å². The lowest BCUT2D eigenvalue weighted by Crippen LogP contribution is -2.42. The molecule has 118 valence electrons. The number of piperidine rings is 1. The summed E-state index contributed by atoms with van der Waals surface area (Å²) in [6.07, 6.45) is 5.07. The van der Waals surface area contributed by atoms with Gasteiger partial charge in [0.1, 0.15) is 0 Å². The summed E-state index contributed by atoms with van der Waals surface area (Å²) in [5.74, 6) is 0.483. The van der Waals surface area contributed by atoms with Crippen LogP contribution in [-0.4, -0.2) is 43.7 Å². The number of likely N-dealkylation sites (tertiary alicyclic amines) is 1. The van der Waals surface area contributed by atoms with E-state index in [1.165, 1.54) is 18.2 Å². The van der Waals surface area contributed by atoms with Gasteiger partial charge in [-0.25, -0.2) is 0 Å². The molecule has 3 heterocycles. The van der Waals surface area contributed by atoms with Gasteiger partial charge in [-0.05, 0) is 32.3 Å². The molecule has 0 saturated carbocycles. The summed E-state index contributed by atoms with van der Waals surface area (Å²) in [7, 11) is 0. The van der Waals surface area contributed by atoms with Crippen LogP contribution in [0.1, 0.15) is 26.2 Å². The summed E-state index contributed by atoms with van der Waals surface area (Å²) in [5.41, 5.74) is 0.548. The van der Waals surface area contributed by atoms with E-state index in [2.05, 4.69) is 17.1 Å². The van der Waals surface area contributed by atoms with Gasteiger partial charge < -0.3 is 4.90 Å². The Balaban J connectivity index is 1.72. The van der Waals surface area contributed by atoms with Gasteiger partial charge in [-0.3, -0.25) is 9.20 Å². The van der Waals surface area contributed by atoms with Crippen LogP contribution in [0.2, 0.25) is 10.0 Å². The average molecular weight is 359 g/mol. The highest BCUT2D eigenvalue weighted by Crippen LogP contribution is 2.26. The number of thioether (sulfide) groups is 1. The first kappa shape index (κ1) is 15.9. The molecule has 1 aliphatic rings. The van der Waals surface area contributed by atoms with Crippen molar-refractivity contribution in [2.45, 2.75) is 37.4 Å². The van der Waals surface area contributed by atoms with Crippen LogP contribution in [0.25, 0.3) is 5.65 Å². The maximum Gasteiger partial charge on any atom is 0.233 e. The van der Waals surface area contributed by atoms with Crippen LogP contribution in [0.5, 0.6) is 0 Å². The molecule has 0 aromatic carbocycles. The van der Waals surface area contributed by atoms with Crippen LogP contribution in [0.3, 0.4) is 0 Å². The monoisotopic (exact) mass is 358 g/mol. The lowest BCUT2D eigenvalue weighted by Gasteiger charge is -2.33. The summed E-state index contributed by atoms with van der Waals surface area (Å²) in [4.78, 5) is 14.3. The summed E-state index contributed by atoms with van der Waals surface area (Å²) < 4.78 is 1.72. The Labute approximate surface area is 143 Å². The predicted octanol–water partition coefficient (Wildman–Crippen LogP) is 3.53. The Morgan fingerprint density at radius 2 is 2.23 bits per heavy atom. The molecule has 0 bridgehead atoms. The molecule has 0 N–H and O–H groups in total. The van der Waals surface area contributed by atoms with Gasteiger partial charge in [-0.1, -0.05) is 35.0 Å². The number of hydrogen-bond acceptors (Lipinski definition) is 4. The smallest absolute Gasteiger partial charge is 0.233 e. The molecule has 1 atom stereocenters. The molecule has 5 nitrogen and oxygen atoms in total. The molecule has 1 fully saturated rings. The van der Waals surface area contributed by atoms with Gasteiger partial charge in [0.25, 0.3) is 0 Å². The molecule has 1 amide bonds. The fraction of sp³-hybridized carbons (Fsp3) is 0.500. The zero-order chi connectivity index (χ0) is 15.7. The van der Waals surface area contributed by atoms with Gasteiger partial charge in [0, 0.05) is 18.8 Å². The summed E-state index contributed by atoms with van der Waals surface area (Å²) in [5, 5.41) is 9.72. The van der Waals surface area contributed by atoms with E-state index in [0.29, 0.717) is 32.6 Å². The Morgan fingerprint density at radius 1 is 1.41 bits per heavy atom. The third-order valence-corrected chi connectivity index (χ3v) is 5.26. The Hall–Kier alpha value is -0.980.